The summed E-state index contributed by atoms with van der Waals surface area (Å²) in [6, 6.07) is 6.16. The number of carbonyl (C=O) groups excluding carboxylic acids is 1. The third-order valence-corrected chi connectivity index (χ3v) is 3.02. The van der Waals surface area contributed by atoms with Gasteiger partial charge in [0.15, 0.2) is 0 Å². The van der Waals surface area contributed by atoms with Crippen LogP contribution in [-0.2, 0) is 9.53 Å². The van der Waals surface area contributed by atoms with Crippen molar-refractivity contribution in [1.29, 1.82) is 0 Å². The highest BCUT2D eigenvalue weighted by Gasteiger charge is 2.30. The first kappa shape index (κ1) is 12.6. The zero-order valence-electron chi connectivity index (χ0n) is 10.1. The summed E-state index contributed by atoms with van der Waals surface area (Å²) in [5, 5.41) is 11.5. The highest BCUT2D eigenvalue weighted by Crippen LogP contribution is 2.21. The van der Waals surface area contributed by atoms with E-state index in [1.807, 2.05) is 6.92 Å². The molecule has 1 aliphatic heterocycles. The molecule has 1 aromatic rings. The number of aromatic carboxylic acids is 1. The van der Waals surface area contributed by atoms with Crippen LogP contribution in [0, 0.1) is 5.92 Å². The van der Waals surface area contributed by atoms with E-state index in [2.05, 4.69) is 5.32 Å². The second-order valence-electron chi connectivity index (χ2n) is 4.43. The van der Waals surface area contributed by atoms with E-state index in [-0.39, 0.29) is 17.4 Å². The maximum atomic E-state index is 11.9. The van der Waals surface area contributed by atoms with Crippen molar-refractivity contribution >= 4 is 17.6 Å². The van der Waals surface area contributed by atoms with Gasteiger partial charge in [0.25, 0.3) is 5.91 Å². The van der Waals surface area contributed by atoms with Gasteiger partial charge in [-0.1, -0.05) is 13.0 Å². The maximum Gasteiger partial charge on any atom is 0.335 e. The smallest absolute Gasteiger partial charge is 0.335 e. The zero-order chi connectivity index (χ0) is 13.1. The monoisotopic (exact) mass is 249 g/mol. The molecular formula is C13H15NO4. The van der Waals surface area contributed by atoms with Gasteiger partial charge in [-0.15, -0.1) is 0 Å². The SMILES string of the molecule is CC1CCOC1C(=O)Nc1cccc(C(=O)O)c1. The van der Waals surface area contributed by atoms with Crippen molar-refractivity contribution in [3.05, 3.63) is 29.8 Å². The molecule has 1 amide bonds. The Balaban J connectivity index is 2.07. The molecule has 0 bridgehead atoms. The van der Waals surface area contributed by atoms with Crippen molar-refractivity contribution in [2.75, 3.05) is 11.9 Å². The molecule has 1 aliphatic rings. The number of ether oxygens (including phenoxy) is 1. The van der Waals surface area contributed by atoms with Gasteiger partial charge in [0.2, 0.25) is 0 Å². The summed E-state index contributed by atoms with van der Waals surface area (Å²) in [6.45, 7) is 2.55. The van der Waals surface area contributed by atoms with Gasteiger partial charge in [0, 0.05) is 12.3 Å². The summed E-state index contributed by atoms with van der Waals surface area (Å²) in [6.07, 6.45) is 0.422. The predicted octanol–water partition coefficient (Wildman–Crippen LogP) is 1.75. The molecule has 1 fully saturated rings. The minimum absolute atomic E-state index is 0.146. The van der Waals surface area contributed by atoms with Crippen molar-refractivity contribution in [3.8, 4) is 0 Å². The van der Waals surface area contributed by atoms with Gasteiger partial charge in [-0.05, 0) is 30.5 Å². The minimum Gasteiger partial charge on any atom is -0.478 e. The Morgan fingerprint density at radius 3 is 2.83 bits per heavy atom. The molecule has 2 N–H and O–H groups in total. The predicted molar refractivity (Wildman–Crippen MR) is 65.6 cm³/mol. The zero-order valence-corrected chi connectivity index (χ0v) is 10.1. The van der Waals surface area contributed by atoms with E-state index in [1.54, 1.807) is 12.1 Å². The summed E-state index contributed by atoms with van der Waals surface area (Å²) < 4.78 is 5.35. The molecular weight excluding hydrogens is 234 g/mol. The van der Waals surface area contributed by atoms with Crippen LogP contribution in [0.25, 0.3) is 0 Å². The van der Waals surface area contributed by atoms with Crippen molar-refractivity contribution in [2.45, 2.75) is 19.4 Å². The Morgan fingerprint density at radius 1 is 1.44 bits per heavy atom. The fourth-order valence-electron chi connectivity index (χ4n) is 1.97. The van der Waals surface area contributed by atoms with Gasteiger partial charge in [-0.2, -0.15) is 0 Å². The lowest BCUT2D eigenvalue weighted by atomic mass is 10.0. The molecule has 1 saturated heterocycles. The highest BCUT2D eigenvalue weighted by molar-refractivity contribution is 5.96. The molecule has 0 aliphatic carbocycles. The van der Waals surface area contributed by atoms with Crippen LogP contribution in [0.1, 0.15) is 23.7 Å². The maximum absolute atomic E-state index is 11.9. The Hall–Kier alpha value is -1.88. The number of nitrogens with one attached hydrogen (secondary N) is 1. The number of hydrogen-bond donors (Lipinski definition) is 2. The van der Waals surface area contributed by atoms with E-state index in [1.165, 1.54) is 12.1 Å². The van der Waals surface area contributed by atoms with E-state index < -0.39 is 12.1 Å². The van der Waals surface area contributed by atoms with E-state index in [0.717, 1.165) is 6.42 Å². The average molecular weight is 249 g/mol. The lowest BCUT2D eigenvalue weighted by Gasteiger charge is -2.14. The molecule has 0 spiro atoms. The van der Waals surface area contributed by atoms with Crippen LogP contribution in [0.15, 0.2) is 24.3 Å². The third kappa shape index (κ3) is 2.68. The van der Waals surface area contributed by atoms with Crippen LogP contribution in [0.2, 0.25) is 0 Å². The molecule has 0 radical (unpaired) electrons. The number of amides is 1. The van der Waals surface area contributed by atoms with Gasteiger partial charge in [-0.3, -0.25) is 4.79 Å². The normalized spacial score (nSPS) is 22.7. The first-order valence-electron chi connectivity index (χ1n) is 5.84. The average Bonchev–Trinajstić information content (AvgIpc) is 2.76. The summed E-state index contributed by atoms with van der Waals surface area (Å²) in [5.74, 6) is -1.05. The van der Waals surface area contributed by atoms with Gasteiger partial charge in [0.05, 0.1) is 5.56 Å². The molecule has 2 rings (SSSR count). The number of carbonyl (C=O) groups is 2. The van der Waals surface area contributed by atoms with Crippen LogP contribution < -0.4 is 5.32 Å². The fourth-order valence-corrected chi connectivity index (χ4v) is 1.97. The highest BCUT2D eigenvalue weighted by atomic mass is 16.5. The number of hydrogen-bond acceptors (Lipinski definition) is 3. The number of rotatable bonds is 3. The second kappa shape index (κ2) is 5.18. The molecule has 1 aromatic carbocycles. The Labute approximate surface area is 105 Å². The van der Waals surface area contributed by atoms with Gasteiger partial charge >= 0.3 is 5.97 Å². The minimum atomic E-state index is -1.02. The molecule has 5 heteroatoms. The third-order valence-electron chi connectivity index (χ3n) is 3.02. The quantitative estimate of drug-likeness (QED) is 0.855. The number of carboxylic acid groups (broad SMARTS) is 1. The van der Waals surface area contributed by atoms with E-state index in [4.69, 9.17) is 9.84 Å². The van der Waals surface area contributed by atoms with Gasteiger partial charge in [0.1, 0.15) is 6.10 Å². The van der Waals surface area contributed by atoms with Crippen LogP contribution in [0.4, 0.5) is 5.69 Å². The molecule has 2 atom stereocenters. The number of carboxylic acids is 1. The molecule has 96 valence electrons. The number of anilines is 1. The molecule has 18 heavy (non-hydrogen) atoms. The summed E-state index contributed by atoms with van der Waals surface area (Å²) in [7, 11) is 0. The Bertz CT molecular complexity index is 472. The lowest BCUT2D eigenvalue weighted by Crippen LogP contribution is -2.31. The fraction of sp³-hybridized carbons (Fsp3) is 0.385. The standard InChI is InChI=1S/C13H15NO4/c1-8-5-6-18-11(8)12(15)14-10-4-2-3-9(7-10)13(16)17/h2-4,7-8,11H,5-6H2,1H3,(H,14,15)(H,16,17). The number of benzene rings is 1. The first-order chi connectivity index (χ1) is 8.58. The molecule has 0 saturated carbocycles. The van der Waals surface area contributed by atoms with Crippen molar-refractivity contribution in [3.63, 3.8) is 0 Å². The van der Waals surface area contributed by atoms with Crippen molar-refractivity contribution < 1.29 is 19.4 Å². The van der Waals surface area contributed by atoms with E-state index in [9.17, 15) is 9.59 Å². The van der Waals surface area contributed by atoms with E-state index >= 15 is 0 Å². The topological polar surface area (TPSA) is 75.6 Å². The van der Waals surface area contributed by atoms with E-state index in [0.29, 0.717) is 12.3 Å². The van der Waals surface area contributed by atoms with Crippen LogP contribution in [-0.4, -0.2) is 29.7 Å². The molecule has 1 heterocycles. The van der Waals surface area contributed by atoms with Crippen molar-refractivity contribution in [1.82, 2.24) is 0 Å². The van der Waals surface area contributed by atoms with Crippen molar-refractivity contribution in [2.24, 2.45) is 5.92 Å². The van der Waals surface area contributed by atoms with Gasteiger partial charge in [-0.25, -0.2) is 4.79 Å². The van der Waals surface area contributed by atoms with Crippen LogP contribution >= 0.6 is 0 Å². The second-order valence-corrected chi connectivity index (χ2v) is 4.43. The summed E-state index contributed by atoms with van der Waals surface area (Å²) in [5.41, 5.74) is 0.621. The summed E-state index contributed by atoms with van der Waals surface area (Å²) in [4.78, 5) is 22.7. The molecule has 2 unspecified atom stereocenters. The molecule has 5 nitrogen and oxygen atoms in total. The summed E-state index contributed by atoms with van der Waals surface area (Å²) >= 11 is 0. The lowest BCUT2D eigenvalue weighted by molar-refractivity contribution is -0.126. The first-order valence-corrected chi connectivity index (χ1v) is 5.84. The Morgan fingerprint density at radius 2 is 2.22 bits per heavy atom. The molecule has 0 aromatic heterocycles. The largest absolute Gasteiger partial charge is 0.478 e. The van der Waals surface area contributed by atoms with Crippen LogP contribution in [0.5, 0.6) is 0 Å². The van der Waals surface area contributed by atoms with Gasteiger partial charge < -0.3 is 15.2 Å². The van der Waals surface area contributed by atoms with Crippen LogP contribution in [0.3, 0.4) is 0 Å². The Kier molecular flexibility index (Phi) is 3.62.